The van der Waals surface area contributed by atoms with Gasteiger partial charge in [0.15, 0.2) is 5.82 Å². The summed E-state index contributed by atoms with van der Waals surface area (Å²) in [7, 11) is 0. The van der Waals surface area contributed by atoms with Crippen LogP contribution in [0.4, 0.5) is 5.82 Å². The van der Waals surface area contributed by atoms with Gasteiger partial charge in [0.25, 0.3) is 0 Å². The second kappa shape index (κ2) is 8.28. The number of hydrogen-bond acceptors (Lipinski definition) is 5. The average Bonchev–Trinajstić information content (AvgIpc) is 3.48. The summed E-state index contributed by atoms with van der Waals surface area (Å²) in [5.41, 5.74) is 3.10. The molecule has 0 saturated carbocycles. The fourth-order valence-electron chi connectivity index (χ4n) is 3.98. The van der Waals surface area contributed by atoms with Crippen LogP contribution in [0.3, 0.4) is 0 Å². The van der Waals surface area contributed by atoms with Gasteiger partial charge < -0.3 is 10.2 Å². The molecule has 152 valence electrons. The number of benzene rings is 1. The monoisotopic (exact) mass is 417 g/mol. The van der Waals surface area contributed by atoms with Crippen molar-refractivity contribution in [3.05, 3.63) is 71.9 Å². The number of anilines is 1. The van der Waals surface area contributed by atoms with E-state index >= 15 is 0 Å². The van der Waals surface area contributed by atoms with Gasteiger partial charge in [-0.2, -0.15) is 5.10 Å². The maximum absolute atomic E-state index is 12.6. The summed E-state index contributed by atoms with van der Waals surface area (Å²) in [5.74, 6) is 1.14. The van der Waals surface area contributed by atoms with Crippen LogP contribution >= 0.6 is 11.3 Å². The van der Waals surface area contributed by atoms with E-state index in [2.05, 4.69) is 32.7 Å². The van der Waals surface area contributed by atoms with Crippen molar-refractivity contribution in [2.75, 3.05) is 18.0 Å². The maximum atomic E-state index is 12.6. The van der Waals surface area contributed by atoms with Crippen LogP contribution in [0.15, 0.2) is 66.3 Å². The summed E-state index contributed by atoms with van der Waals surface area (Å²) in [5, 5.41) is 9.85. The number of aromatic nitrogens is 3. The maximum Gasteiger partial charge on any atom is 0.223 e. The third-order valence-electron chi connectivity index (χ3n) is 5.62. The number of piperidine rings is 1. The summed E-state index contributed by atoms with van der Waals surface area (Å²) in [6, 6.07) is 16.3. The molecule has 7 heteroatoms. The lowest BCUT2D eigenvalue weighted by Gasteiger charge is -2.32. The van der Waals surface area contributed by atoms with Gasteiger partial charge in [-0.25, -0.2) is 9.50 Å². The van der Waals surface area contributed by atoms with Crippen LogP contribution in [0.1, 0.15) is 18.4 Å². The Labute approximate surface area is 179 Å². The molecule has 1 saturated heterocycles. The lowest BCUT2D eigenvalue weighted by Crippen LogP contribution is -2.40. The van der Waals surface area contributed by atoms with Gasteiger partial charge in [0.1, 0.15) is 11.2 Å². The predicted octanol–water partition coefficient (Wildman–Crippen LogP) is 3.99. The number of amides is 1. The SMILES string of the molecule is O=C(NCc1ccccc1)C1CCN(c2nccn3nc(-c4cccs4)cc23)CC1. The highest BCUT2D eigenvalue weighted by atomic mass is 32.1. The zero-order valence-corrected chi connectivity index (χ0v) is 17.4. The van der Waals surface area contributed by atoms with Gasteiger partial charge in [-0.15, -0.1) is 11.3 Å². The van der Waals surface area contributed by atoms with Gasteiger partial charge in [-0.05, 0) is 35.9 Å². The van der Waals surface area contributed by atoms with Crippen molar-refractivity contribution in [1.82, 2.24) is 19.9 Å². The minimum absolute atomic E-state index is 0.0521. The number of fused-ring (bicyclic) bond motifs is 1. The van der Waals surface area contributed by atoms with E-state index in [0.717, 1.165) is 53.4 Å². The number of thiophene rings is 1. The van der Waals surface area contributed by atoms with Crippen LogP contribution in [0, 0.1) is 5.92 Å². The zero-order chi connectivity index (χ0) is 20.3. The molecule has 4 heterocycles. The van der Waals surface area contributed by atoms with E-state index in [4.69, 9.17) is 5.10 Å². The smallest absolute Gasteiger partial charge is 0.223 e. The number of rotatable bonds is 5. The molecule has 30 heavy (non-hydrogen) atoms. The van der Waals surface area contributed by atoms with E-state index in [0.29, 0.717) is 6.54 Å². The van der Waals surface area contributed by atoms with E-state index in [9.17, 15) is 4.79 Å². The van der Waals surface area contributed by atoms with Gasteiger partial charge >= 0.3 is 0 Å². The number of carbonyl (C=O) groups excluding carboxylic acids is 1. The highest BCUT2D eigenvalue weighted by molar-refractivity contribution is 7.13. The number of carbonyl (C=O) groups is 1. The molecule has 1 amide bonds. The fraction of sp³-hybridized carbons (Fsp3) is 0.261. The van der Waals surface area contributed by atoms with Gasteiger partial charge in [0.05, 0.1) is 4.88 Å². The largest absolute Gasteiger partial charge is 0.355 e. The summed E-state index contributed by atoms with van der Waals surface area (Å²) >= 11 is 1.68. The molecule has 3 aromatic heterocycles. The third-order valence-corrected chi connectivity index (χ3v) is 6.51. The molecule has 0 atom stereocenters. The molecular weight excluding hydrogens is 394 g/mol. The number of hydrogen-bond donors (Lipinski definition) is 1. The molecule has 1 fully saturated rings. The molecule has 6 nitrogen and oxygen atoms in total. The van der Waals surface area contributed by atoms with E-state index in [-0.39, 0.29) is 11.8 Å². The molecule has 0 spiro atoms. The van der Waals surface area contributed by atoms with E-state index in [1.807, 2.05) is 47.1 Å². The molecule has 1 aliphatic heterocycles. The van der Waals surface area contributed by atoms with Crippen molar-refractivity contribution in [2.45, 2.75) is 19.4 Å². The Hall–Kier alpha value is -3.19. The highest BCUT2D eigenvalue weighted by Gasteiger charge is 2.26. The Kier molecular flexibility index (Phi) is 5.19. The highest BCUT2D eigenvalue weighted by Crippen LogP contribution is 2.30. The van der Waals surface area contributed by atoms with Crippen molar-refractivity contribution in [3.8, 4) is 10.6 Å². The van der Waals surface area contributed by atoms with Gasteiger partial charge in [-0.1, -0.05) is 36.4 Å². The fourth-order valence-corrected chi connectivity index (χ4v) is 4.66. The lowest BCUT2D eigenvalue weighted by atomic mass is 9.95. The normalized spacial score (nSPS) is 14.9. The first kappa shape index (κ1) is 18.8. The van der Waals surface area contributed by atoms with Crippen LogP contribution in [-0.4, -0.2) is 33.6 Å². The van der Waals surface area contributed by atoms with Crippen LogP contribution in [0.25, 0.3) is 16.1 Å². The van der Waals surface area contributed by atoms with Gasteiger partial charge in [-0.3, -0.25) is 4.79 Å². The van der Waals surface area contributed by atoms with Crippen molar-refractivity contribution in [2.24, 2.45) is 5.92 Å². The van der Waals surface area contributed by atoms with Crippen molar-refractivity contribution < 1.29 is 4.79 Å². The molecule has 5 rings (SSSR count). The zero-order valence-electron chi connectivity index (χ0n) is 16.6. The molecule has 4 aromatic rings. The molecule has 0 unspecified atom stereocenters. The van der Waals surface area contributed by atoms with Gasteiger partial charge in [0, 0.05) is 37.9 Å². The molecule has 0 aliphatic carbocycles. The first-order valence-corrected chi connectivity index (χ1v) is 11.1. The molecule has 1 aliphatic rings. The minimum Gasteiger partial charge on any atom is -0.355 e. The van der Waals surface area contributed by atoms with E-state index < -0.39 is 0 Å². The van der Waals surface area contributed by atoms with Crippen molar-refractivity contribution >= 4 is 28.6 Å². The molecule has 0 bridgehead atoms. The first-order valence-electron chi connectivity index (χ1n) is 10.2. The predicted molar refractivity (Wildman–Crippen MR) is 120 cm³/mol. The second-order valence-corrected chi connectivity index (χ2v) is 8.50. The standard InChI is InChI=1S/C23H23N5OS/c29-23(25-16-17-5-2-1-3-6-17)18-8-11-27(12-9-18)22-20-15-19(21-7-4-14-30-21)26-28(20)13-10-24-22/h1-7,10,13-15,18H,8-9,11-12,16H2,(H,25,29). The topological polar surface area (TPSA) is 62.5 Å². The van der Waals surface area contributed by atoms with Crippen LogP contribution < -0.4 is 10.2 Å². The minimum atomic E-state index is 0.0521. The Morgan fingerprint density at radius 2 is 1.97 bits per heavy atom. The molecule has 0 radical (unpaired) electrons. The summed E-state index contributed by atoms with van der Waals surface area (Å²) in [4.78, 5) is 20.7. The van der Waals surface area contributed by atoms with Crippen LogP contribution in [0.5, 0.6) is 0 Å². The third kappa shape index (κ3) is 3.80. The Morgan fingerprint density at radius 3 is 2.73 bits per heavy atom. The average molecular weight is 418 g/mol. The van der Waals surface area contributed by atoms with Crippen molar-refractivity contribution in [3.63, 3.8) is 0 Å². The Balaban J connectivity index is 1.25. The van der Waals surface area contributed by atoms with E-state index in [1.54, 1.807) is 17.5 Å². The van der Waals surface area contributed by atoms with Crippen molar-refractivity contribution in [1.29, 1.82) is 0 Å². The summed E-state index contributed by atoms with van der Waals surface area (Å²) < 4.78 is 1.90. The molecule has 1 aromatic carbocycles. The Morgan fingerprint density at radius 1 is 1.13 bits per heavy atom. The quantitative estimate of drug-likeness (QED) is 0.533. The first-order chi connectivity index (χ1) is 14.8. The molecule has 1 N–H and O–H groups in total. The number of nitrogens with one attached hydrogen (secondary N) is 1. The second-order valence-electron chi connectivity index (χ2n) is 7.55. The Bertz CT molecular complexity index is 1130. The summed E-state index contributed by atoms with van der Waals surface area (Å²) in [6.07, 6.45) is 5.34. The van der Waals surface area contributed by atoms with Crippen LogP contribution in [0.2, 0.25) is 0 Å². The van der Waals surface area contributed by atoms with Crippen LogP contribution in [-0.2, 0) is 11.3 Å². The summed E-state index contributed by atoms with van der Waals surface area (Å²) in [6.45, 7) is 2.22. The number of nitrogens with zero attached hydrogens (tertiary/aromatic N) is 4. The lowest BCUT2D eigenvalue weighted by molar-refractivity contribution is -0.125. The van der Waals surface area contributed by atoms with E-state index in [1.165, 1.54) is 0 Å². The molecular formula is C23H23N5OS. The van der Waals surface area contributed by atoms with Gasteiger partial charge in [0.2, 0.25) is 5.91 Å².